The summed E-state index contributed by atoms with van der Waals surface area (Å²) in [4.78, 5) is 10.7. The van der Waals surface area contributed by atoms with Crippen molar-refractivity contribution in [2.24, 2.45) is 5.73 Å². The molecule has 3 rings (SSSR count). The monoisotopic (exact) mass is 302 g/mol. The summed E-state index contributed by atoms with van der Waals surface area (Å²) in [5.74, 6) is -1.03. The molecule has 7 heteroatoms. The molecule has 0 aliphatic carbocycles. The first-order valence-corrected chi connectivity index (χ1v) is 7.34. The zero-order valence-corrected chi connectivity index (χ0v) is 12.0. The van der Waals surface area contributed by atoms with Gasteiger partial charge in [-0.1, -0.05) is 23.4 Å². The van der Waals surface area contributed by atoms with Gasteiger partial charge < -0.3 is 10.8 Å². The van der Waals surface area contributed by atoms with E-state index in [0.29, 0.717) is 12.2 Å². The SMILES string of the molecule is NC(Cc1cn(Cc2csc3ccccc23)nn1)C(=O)O. The number of carboxylic acids is 1. The van der Waals surface area contributed by atoms with Crippen molar-refractivity contribution in [1.82, 2.24) is 15.0 Å². The Labute approximate surface area is 124 Å². The lowest BCUT2D eigenvalue weighted by atomic mass is 10.2. The third kappa shape index (κ3) is 2.93. The fourth-order valence-electron chi connectivity index (χ4n) is 2.15. The van der Waals surface area contributed by atoms with Crippen LogP contribution >= 0.6 is 11.3 Å². The molecule has 6 nitrogen and oxygen atoms in total. The molecule has 108 valence electrons. The molecule has 0 spiro atoms. The quantitative estimate of drug-likeness (QED) is 0.745. The predicted molar refractivity (Wildman–Crippen MR) is 80.3 cm³/mol. The molecule has 3 N–H and O–H groups in total. The molecule has 21 heavy (non-hydrogen) atoms. The molecule has 2 heterocycles. The molecule has 1 aromatic carbocycles. The van der Waals surface area contributed by atoms with Crippen LogP contribution in [0.2, 0.25) is 0 Å². The van der Waals surface area contributed by atoms with Crippen LogP contribution < -0.4 is 5.73 Å². The van der Waals surface area contributed by atoms with Gasteiger partial charge in [0.15, 0.2) is 0 Å². The van der Waals surface area contributed by atoms with Crippen LogP contribution in [0.3, 0.4) is 0 Å². The normalized spacial score (nSPS) is 12.6. The van der Waals surface area contributed by atoms with Crippen LogP contribution in [0.1, 0.15) is 11.3 Å². The number of benzene rings is 1. The van der Waals surface area contributed by atoms with Crippen LogP contribution in [-0.4, -0.2) is 32.1 Å². The number of hydrogen-bond donors (Lipinski definition) is 2. The van der Waals surface area contributed by atoms with Crippen LogP contribution in [0.15, 0.2) is 35.8 Å². The number of carboxylic acid groups (broad SMARTS) is 1. The van der Waals surface area contributed by atoms with Gasteiger partial charge in [-0.2, -0.15) is 0 Å². The summed E-state index contributed by atoms with van der Waals surface area (Å²) in [5.41, 5.74) is 7.26. The van der Waals surface area contributed by atoms with Crippen molar-refractivity contribution in [3.63, 3.8) is 0 Å². The largest absolute Gasteiger partial charge is 0.480 e. The summed E-state index contributed by atoms with van der Waals surface area (Å²) in [7, 11) is 0. The summed E-state index contributed by atoms with van der Waals surface area (Å²) < 4.78 is 2.94. The second-order valence-electron chi connectivity index (χ2n) is 4.81. The van der Waals surface area contributed by atoms with Crippen molar-refractivity contribution < 1.29 is 9.90 Å². The van der Waals surface area contributed by atoms with Crippen LogP contribution in [0.5, 0.6) is 0 Å². The highest BCUT2D eigenvalue weighted by Gasteiger charge is 2.14. The van der Waals surface area contributed by atoms with E-state index in [0.717, 1.165) is 0 Å². The molecular weight excluding hydrogens is 288 g/mol. The van der Waals surface area contributed by atoms with Crippen molar-refractivity contribution >= 4 is 27.4 Å². The maximum Gasteiger partial charge on any atom is 0.320 e. The molecule has 0 saturated heterocycles. The fourth-order valence-corrected chi connectivity index (χ4v) is 3.11. The average Bonchev–Trinajstić information content (AvgIpc) is 3.07. The van der Waals surface area contributed by atoms with Gasteiger partial charge in [0.25, 0.3) is 0 Å². The van der Waals surface area contributed by atoms with Crippen LogP contribution in [0.4, 0.5) is 0 Å². The second-order valence-corrected chi connectivity index (χ2v) is 5.72. The Morgan fingerprint density at radius 1 is 1.43 bits per heavy atom. The molecule has 0 radical (unpaired) electrons. The lowest BCUT2D eigenvalue weighted by Crippen LogP contribution is -2.32. The number of fused-ring (bicyclic) bond motifs is 1. The van der Waals surface area contributed by atoms with Gasteiger partial charge in [0, 0.05) is 17.3 Å². The number of rotatable bonds is 5. The molecule has 1 unspecified atom stereocenters. The van der Waals surface area contributed by atoms with Crippen molar-refractivity contribution in [1.29, 1.82) is 0 Å². The standard InChI is InChI=1S/C14H14N4O2S/c15-12(14(19)20)5-10-7-18(17-16-10)6-9-8-21-13-4-2-1-3-11(9)13/h1-4,7-8,12H,5-6,15H2,(H,19,20). The van der Waals surface area contributed by atoms with Gasteiger partial charge in [0.1, 0.15) is 6.04 Å². The summed E-state index contributed by atoms with van der Waals surface area (Å²) in [6.45, 7) is 0.610. The van der Waals surface area contributed by atoms with Crippen LogP contribution in [-0.2, 0) is 17.8 Å². The second kappa shape index (κ2) is 5.63. The Kier molecular flexibility index (Phi) is 3.68. The Morgan fingerprint density at radius 3 is 3.05 bits per heavy atom. The van der Waals surface area contributed by atoms with Crippen molar-refractivity contribution in [3.05, 3.63) is 47.1 Å². The summed E-state index contributed by atoms with van der Waals surface area (Å²) in [5, 5.41) is 20.1. The van der Waals surface area contributed by atoms with Gasteiger partial charge in [-0.05, 0) is 22.4 Å². The maximum atomic E-state index is 10.7. The number of carbonyl (C=O) groups is 1. The van der Waals surface area contributed by atoms with Crippen molar-refractivity contribution in [2.45, 2.75) is 19.0 Å². The van der Waals surface area contributed by atoms with Crippen molar-refractivity contribution in [3.8, 4) is 0 Å². The van der Waals surface area contributed by atoms with Gasteiger partial charge in [-0.3, -0.25) is 4.79 Å². The molecule has 2 aromatic heterocycles. The minimum Gasteiger partial charge on any atom is -0.480 e. The minimum absolute atomic E-state index is 0.180. The van der Waals surface area contributed by atoms with E-state index in [1.807, 2.05) is 12.1 Å². The molecule has 0 fully saturated rings. The third-order valence-corrected chi connectivity index (χ3v) is 4.24. The Bertz CT molecular complexity index is 780. The Morgan fingerprint density at radius 2 is 2.24 bits per heavy atom. The highest BCUT2D eigenvalue weighted by atomic mass is 32.1. The van der Waals surface area contributed by atoms with E-state index in [1.165, 1.54) is 15.6 Å². The molecule has 0 aliphatic rings. The van der Waals surface area contributed by atoms with E-state index in [-0.39, 0.29) is 6.42 Å². The van der Waals surface area contributed by atoms with E-state index < -0.39 is 12.0 Å². The minimum atomic E-state index is -1.03. The summed E-state index contributed by atoms with van der Waals surface area (Å²) in [6, 6.07) is 7.25. The van der Waals surface area contributed by atoms with Gasteiger partial charge in [-0.15, -0.1) is 16.4 Å². The first kappa shape index (κ1) is 13.7. The highest BCUT2D eigenvalue weighted by molar-refractivity contribution is 7.17. The molecular formula is C14H14N4O2S. The van der Waals surface area contributed by atoms with E-state index >= 15 is 0 Å². The van der Waals surface area contributed by atoms with Gasteiger partial charge in [0.05, 0.1) is 12.2 Å². The third-order valence-electron chi connectivity index (χ3n) is 3.23. The lowest BCUT2D eigenvalue weighted by molar-refractivity contribution is -0.138. The average molecular weight is 302 g/mol. The smallest absolute Gasteiger partial charge is 0.320 e. The van der Waals surface area contributed by atoms with E-state index in [4.69, 9.17) is 10.8 Å². The topological polar surface area (TPSA) is 94.0 Å². The molecule has 0 bridgehead atoms. The number of nitrogens with two attached hydrogens (primary N) is 1. The molecule has 0 saturated carbocycles. The first-order chi connectivity index (χ1) is 10.1. The maximum absolute atomic E-state index is 10.7. The highest BCUT2D eigenvalue weighted by Crippen LogP contribution is 2.26. The predicted octanol–water partition coefficient (Wildman–Crippen LogP) is 1.50. The Balaban J connectivity index is 1.77. The van der Waals surface area contributed by atoms with Gasteiger partial charge in [-0.25, -0.2) is 4.68 Å². The first-order valence-electron chi connectivity index (χ1n) is 6.46. The van der Waals surface area contributed by atoms with Crippen molar-refractivity contribution in [2.75, 3.05) is 0 Å². The van der Waals surface area contributed by atoms with Crippen LogP contribution in [0, 0.1) is 0 Å². The molecule has 0 amide bonds. The van der Waals surface area contributed by atoms with Gasteiger partial charge in [0.2, 0.25) is 0 Å². The zero-order valence-electron chi connectivity index (χ0n) is 11.1. The number of hydrogen-bond acceptors (Lipinski definition) is 5. The van der Waals surface area contributed by atoms with E-state index in [1.54, 1.807) is 22.2 Å². The number of aromatic nitrogens is 3. The number of nitrogens with zero attached hydrogens (tertiary/aromatic N) is 3. The zero-order chi connectivity index (χ0) is 14.8. The van der Waals surface area contributed by atoms with E-state index in [9.17, 15) is 4.79 Å². The lowest BCUT2D eigenvalue weighted by Gasteiger charge is -2.01. The van der Waals surface area contributed by atoms with Crippen LogP contribution in [0.25, 0.3) is 10.1 Å². The fraction of sp³-hybridized carbons (Fsp3) is 0.214. The van der Waals surface area contributed by atoms with E-state index in [2.05, 4.69) is 27.8 Å². The molecule has 3 aromatic rings. The number of thiophene rings is 1. The number of aliphatic carboxylic acids is 1. The van der Waals surface area contributed by atoms with Gasteiger partial charge >= 0.3 is 5.97 Å². The summed E-state index contributed by atoms with van der Waals surface area (Å²) in [6.07, 6.45) is 1.93. The molecule has 0 aliphatic heterocycles. The molecule has 1 atom stereocenters. The summed E-state index contributed by atoms with van der Waals surface area (Å²) >= 11 is 1.70. The Hall–Kier alpha value is -2.25.